The van der Waals surface area contributed by atoms with Gasteiger partial charge in [-0.15, -0.1) is 0 Å². The molecule has 0 bridgehead atoms. The Balaban J connectivity index is 2.29. The first-order chi connectivity index (χ1) is 15.4. The van der Waals surface area contributed by atoms with Gasteiger partial charge < -0.3 is 15.7 Å². The van der Waals surface area contributed by atoms with Gasteiger partial charge in [0.25, 0.3) is 5.91 Å². The van der Waals surface area contributed by atoms with E-state index in [0.717, 1.165) is 18.4 Å². The molecule has 1 rings (SSSR count). The van der Waals surface area contributed by atoms with Crippen LogP contribution in [-0.2, 0) is 16.1 Å². The van der Waals surface area contributed by atoms with Gasteiger partial charge in [-0.1, -0.05) is 90.7 Å². The fourth-order valence-corrected chi connectivity index (χ4v) is 3.57. The molecule has 0 aromatic heterocycles. The predicted octanol–water partition coefficient (Wildman–Crippen LogP) is 5.45. The first-order valence-electron chi connectivity index (χ1n) is 12.3. The summed E-state index contributed by atoms with van der Waals surface area (Å²) in [6.07, 6.45) is 12.3. The maximum Gasteiger partial charge on any atom is 0.326 e. The van der Waals surface area contributed by atoms with Crippen LogP contribution in [-0.4, -0.2) is 28.9 Å². The number of hydrogen-bond acceptors (Lipinski definition) is 3. The molecule has 1 aromatic rings. The number of nitrogens with one attached hydrogen (secondary N) is 2. The number of carbonyl (C=O) groups excluding carboxylic acids is 2. The van der Waals surface area contributed by atoms with Crippen LogP contribution in [0, 0.1) is 5.92 Å². The number of carboxylic acid groups (broad SMARTS) is 1. The highest BCUT2D eigenvalue weighted by Crippen LogP contribution is 2.12. The smallest absolute Gasteiger partial charge is 0.326 e. The molecule has 0 aliphatic heterocycles. The van der Waals surface area contributed by atoms with Gasteiger partial charge >= 0.3 is 5.97 Å². The lowest BCUT2D eigenvalue weighted by Gasteiger charge is -2.20. The Kier molecular flexibility index (Phi) is 14.1. The molecule has 0 heterocycles. The maximum atomic E-state index is 12.4. The van der Waals surface area contributed by atoms with Crippen molar-refractivity contribution in [1.29, 1.82) is 0 Å². The Morgan fingerprint density at radius 2 is 1.44 bits per heavy atom. The Morgan fingerprint density at radius 1 is 0.875 bits per heavy atom. The number of carbonyl (C=O) groups is 3. The van der Waals surface area contributed by atoms with Gasteiger partial charge in [0.15, 0.2) is 0 Å². The molecule has 0 unspecified atom stereocenters. The Labute approximate surface area is 193 Å². The minimum absolute atomic E-state index is 0.0487. The van der Waals surface area contributed by atoms with Crippen molar-refractivity contribution in [3.05, 3.63) is 35.4 Å². The van der Waals surface area contributed by atoms with Crippen molar-refractivity contribution in [1.82, 2.24) is 10.6 Å². The number of aliphatic carboxylic acids is 1. The number of rotatable bonds is 17. The summed E-state index contributed by atoms with van der Waals surface area (Å²) in [5.74, 6) is -1.54. The zero-order valence-electron chi connectivity index (χ0n) is 20.1. The van der Waals surface area contributed by atoms with E-state index in [1.165, 1.54) is 44.9 Å². The quantitative estimate of drug-likeness (QED) is 0.277. The van der Waals surface area contributed by atoms with Gasteiger partial charge in [-0.2, -0.15) is 0 Å². The highest BCUT2D eigenvalue weighted by molar-refractivity contribution is 5.96. The molecule has 0 fully saturated rings. The van der Waals surface area contributed by atoms with Crippen LogP contribution in [0.2, 0.25) is 0 Å². The average molecular weight is 447 g/mol. The summed E-state index contributed by atoms with van der Waals surface area (Å²) in [5.41, 5.74) is 1.31. The molecule has 6 nitrogen and oxygen atoms in total. The highest BCUT2D eigenvalue weighted by Gasteiger charge is 2.25. The van der Waals surface area contributed by atoms with Gasteiger partial charge in [0.2, 0.25) is 5.91 Å². The lowest BCUT2D eigenvalue weighted by Crippen LogP contribution is -2.45. The molecule has 2 amide bonds. The van der Waals surface area contributed by atoms with E-state index >= 15 is 0 Å². The SMILES string of the molecule is CCCCCCCCCCCC(=O)NCc1ccc(C(=O)N[C@H](C(=O)O)[C@@H](C)CC)cc1. The monoisotopic (exact) mass is 446 g/mol. The van der Waals surface area contributed by atoms with Crippen LogP contribution in [0.1, 0.15) is 107 Å². The zero-order valence-corrected chi connectivity index (χ0v) is 20.1. The van der Waals surface area contributed by atoms with Crippen molar-refractivity contribution in [3.63, 3.8) is 0 Å². The molecule has 32 heavy (non-hydrogen) atoms. The first kappa shape index (κ1) is 27.7. The summed E-state index contributed by atoms with van der Waals surface area (Å²) in [7, 11) is 0. The second-order valence-electron chi connectivity index (χ2n) is 8.73. The normalized spacial score (nSPS) is 12.7. The van der Waals surface area contributed by atoms with Crippen molar-refractivity contribution < 1.29 is 19.5 Å². The molecule has 0 spiro atoms. The number of carboxylic acids is 1. The first-order valence-corrected chi connectivity index (χ1v) is 12.3. The van der Waals surface area contributed by atoms with Crippen LogP contribution in [0.5, 0.6) is 0 Å². The van der Waals surface area contributed by atoms with Crippen LogP contribution in [0.4, 0.5) is 0 Å². The molecule has 0 radical (unpaired) electrons. The van der Waals surface area contributed by atoms with Crippen LogP contribution in [0.15, 0.2) is 24.3 Å². The van der Waals surface area contributed by atoms with Crippen molar-refractivity contribution >= 4 is 17.8 Å². The topological polar surface area (TPSA) is 95.5 Å². The number of benzene rings is 1. The van der Waals surface area contributed by atoms with Crippen LogP contribution in [0.25, 0.3) is 0 Å². The minimum Gasteiger partial charge on any atom is -0.480 e. The van der Waals surface area contributed by atoms with Crippen LogP contribution in [0.3, 0.4) is 0 Å². The van der Waals surface area contributed by atoms with Gasteiger partial charge in [-0.25, -0.2) is 4.79 Å². The van der Waals surface area contributed by atoms with E-state index < -0.39 is 17.9 Å². The molecule has 6 heteroatoms. The summed E-state index contributed by atoms with van der Waals surface area (Å²) in [4.78, 5) is 35.8. The summed E-state index contributed by atoms with van der Waals surface area (Å²) in [6, 6.07) is 5.98. The molecular weight excluding hydrogens is 404 g/mol. The lowest BCUT2D eigenvalue weighted by molar-refractivity contribution is -0.140. The minimum atomic E-state index is -1.03. The molecule has 0 saturated carbocycles. The van der Waals surface area contributed by atoms with Crippen LogP contribution >= 0.6 is 0 Å². The van der Waals surface area contributed by atoms with E-state index in [9.17, 15) is 19.5 Å². The van der Waals surface area contributed by atoms with Crippen LogP contribution < -0.4 is 10.6 Å². The molecule has 180 valence electrons. The Morgan fingerprint density at radius 3 is 1.97 bits per heavy atom. The van der Waals surface area contributed by atoms with Crippen molar-refractivity contribution in [2.75, 3.05) is 0 Å². The second-order valence-corrected chi connectivity index (χ2v) is 8.73. The zero-order chi connectivity index (χ0) is 23.8. The summed E-state index contributed by atoms with van der Waals surface area (Å²) in [6.45, 7) is 6.35. The standard InChI is InChI=1S/C26H42N2O4/c1-4-6-7-8-9-10-11-12-13-14-23(29)27-19-21-15-17-22(18-16-21)25(30)28-24(26(31)32)20(3)5-2/h15-18,20,24H,4-14,19H2,1-3H3,(H,27,29)(H,28,30)(H,31,32)/t20-,24-/m0/s1. The molecule has 3 N–H and O–H groups in total. The van der Waals surface area contributed by atoms with E-state index in [1.54, 1.807) is 31.2 Å². The number of unbranched alkanes of at least 4 members (excludes halogenated alkanes) is 8. The van der Waals surface area contributed by atoms with Crippen molar-refractivity contribution in [2.24, 2.45) is 5.92 Å². The summed E-state index contributed by atoms with van der Waals surface area (Å²) < 4.78 is 0. The van der Waals surface area contributed by atoms with Gasteiger partial charge in [0, 0.05) is 18.5 Å². The third kappa shape index (κ3) is 11.3. The predicted molar refractivity (Wildman–Crippen MR) is 128 cm³/mol. The van der Waals surface area contributed by atoms with Gasteiger partial charge in [-0.05, 0) is 30.0 Å². The van der Waals surface area contributed by atoms with Gasteiger partial charge in [-0.3, -0.25) is 9.59 Å². The molecule has 2 atom stereocenters. The largest absolute Gasteiger partial charge is 0.480 e. The molecule has 0 aliphatic carbocycles. The molecule has 1 aromatic carbocycles. The fraction of sp³-hybridized carbons (Fsp3) is 0.654. The van der Waals surface area contributed by atoms with E-state index in [4.69, 9.17) is 0 Å². The van der Waals surface area contributed by atoms with E-state index in [0.29, 0.717) is 24.9 Å². The van der Waals surface area contributed by atoms with E-state index in [1.807, 2.05) is 6.92 Å². The van der Waals surface area contributed by atoms with Crippen molar-refractivity contribution in [3.8, 4) is 0 Å². The molecule has 0 saturated heterocycles. The van der Waals surface area contributed by atoms with Gasteiger partial charge in [0.05, 0.1) is 0 Å². The maximum absolute atomic E-state index is 12.4. The third-order valence-electron chi connectivity index (χ3n) is 5.98. The number of amides is 2. The third-order valence-corrected chi connectivity index (χ3v) is 5.98. The van der Waals surface area contributed by atoms with Crippen molar-refractivity contribution in [2.45, 2.75) is 104 Å². The Hall–Kier alpha value is -2.37. The number of hydrogen-bond donors (Lipinski definition) is 3. The van der Waals surface area contributed by atoms with Gasteiger partial charge in [0.1, 0.15) is 6.04 Å². The second kappa shape index (κ2) is 16.3. The summed E-state index contributed by atoms with van der Waals surface area (Å²) in [5, 5.41) is 14.8. The highest BCUT2D eigenvalue weighted by atomic mass is 16.4. The lowest BCUT2D eigenvalue weighted by atomic mass is 9.99. The average Bonchev–Trinajstić information content (AvgIpc) is 2.79. The van der Waals surface area contributed by atoms with E-state index in [-0.39, 0.29) is 11.8 Å². The Bertz CT molecular complexity index is 688. The van der Waals surface area contributed by atoms with E-state index in [2.05, 4.69) is 17.6 Å². The molecular formula is C26H42N2O4. The molecule has 0 aliphatic rings. The fourth-order valence-electron chi connectivity index (χ4n) is 3.57. The summed E-state index contributed by atoms with van der Waals surface area (Å²) >= 11 is 0.